The van der Waals surface area contributed by atoms with Crippen molar-refractivity contribution in [3.63, 3.8) is 0 Å². The van der Waals surface area contributed by atoms with Crippen LogP contribution >= 0.6 is 0 Å². The highest BCUT2D eigenvalue weighted by Crippen LogP contribution is 2.29. The number of hydrogen-bond donors (Lipinski definition) is 1. The maximum atomic E-state index is 11.1. The quantitative estimate of drug-likeness (QED) is 0.490. The van der Waals surface area contributed by atoms with Crippen LogP contribution in [0.4, 0.5) is 5.69 Å². The molecule has 0 unspecified atom stereocenters. The fourth-order valence-corrected chi connectivity index (χ4v) is 4.17. The van der Waals surface area contributed by atoms with Gasteiger partial charge in [-0.2, -0.15) is 0 Å². The van der Waals surface area contributed by atoms with E-state index in [-0.39, 0.29) is 12.3 Å². The van der Waals surface area contributed by atoms with Gasteiger partial charge in [-0.05, 0) is 53.8 Å². The van der Waals surface area contributed by atoms with Crippen LogP contribution in [0.5, 0.6) is 5.75 Å². The van der Waals surface area contributed by atoms with Gasteiger partial charge in [-0.15, -0.1) is 5.92 Å². The van der Waals surface area contributed by atoms with Crippen molar-refractivity contribution < 1.29 is 14.6 Å². The van der Waals surface area contributed by atoms with Gasteiger partial charge in [0.05, 0.1) is 12.3 Å². The predicted molar refractivity (Wildman–Crippen MR) is 127 cm³/mol. The molecule has 0 bridgehead atoms. The maximum Gasteiger partial charge on any atom is 0.304 e. The lowest BCUT2D eigenvalue weighted by Gasteiger charge is -2.20. The molecule has 0 saturated heterocycles. The van der Waals surface area contributed by atoms with Crippen molar-refractivity contribution in [1.82, 2.24) is 0 Å². The van der Waals surface area contributed by atoms with E-state index >= 15 is 0 Å². The van der Waals surface area contributed by atoms with Crippen LogP contribution in [-0.4, -0.2) is 17.6 Å². The summed E-state index contributed by atoms with van der Waals surface area (Å²) in [6.45, 7) is 4.15. The summed E-state index contributed by atoms with van der Waals surface area (Å²) in [5.74, 6) is 5.39. The molecule has 32 heavy (non-hydrogen) atoms. The predicted octanol–water partition coefficient (Wildman–Crippen LogP) is 5.41. The Bertz CT molecular complexity index is 1140. The first-order valence-electron chi connectivity index (χ1n) is 10.9. The minimum absolute atomic E-state index is 0.00463. The Kier molecular flexibility index (Phi) is 6.77. The van der Waals surface area contributed by atoms with Gasteiger partial charge in [0.25, 0.3) is 0 Å². The second kappa shape index (κ2) is 10.1. The Morgan fingerprint density at radius 1 is 1.06 bits per heavy atom. The zero-order chi connectivity index (χ0) is 22.3. The Morgan fingerprint density at radius 3 is 2.62 bits per heavy atom. The Hall–Kier alpha value is -3.71. The van der Waals surface area contributed by atoms with Gasteiger partial charge in [0.1, 0.15) is 12.4 Å². The summed E-state index contributed by atoms with van der Waals surface area (Å²) in [5.41, 5.74) is 6.05. The number of anilines is 1. The average molecular weight is 426 g/mol. The van der Waals surface area contributed by atoms with Crippen LogP contribution in [0.1, 0.15) is 41.5 Å². The van der Waals surface area contributed by atoms with Gasteiger partial charge in [0.2, 0.25) is 0 Å². The lowest BCUT2D eigenvalue weighted by molar-refractivity contribution is -0.137. The van der Waals surface area contributed by atoms with Crippen LogP contribution in [0.2, 0.25) is 0 Å². The van der Waals surface area contributed by atoms with E-state index in [9.17, 15) is 4.79 Å². The number of aliphatic carboxylic acids is 1. The molecule has 0 amide bonds. The number of rotatable bonds is 8. The molecular formula is C28H27NO3. The number of nitrogens with zero attached hydrogens (tertiary/aromatic N) is 1. The fraction of sp³-hybridized carbons (Fsp3) is 0.250. The zero-order valence-electron chi connectivity index (χ0n) is 18.3. The van der Waals surface area contributed by atoms with E-state index in [1.165, 1.54) is 16.8 Å². The molecule has 1 N–H and O–H groups in total. The van der Waals surface area contributed by atoms with Gasteiger partial charge in [-0.1, -0.05) is 60.5 Å². The largest absolute Gasteiger partial charge is 0.489 e. The minimum Gasteiger partial charge on any atom is -0.489 e. The lowest BCUT2D eigenvalue weighted by atomic mass is 9.96. The first kappa shape index (κ1) is 21.5. The molecule has 4 heteroatoms. The summed E-state index contributed by atoms with van der Waals surface area (Å²) in [4.78, 5) is 13.5. The molecule has 3 aromatic carbocycles. The molecule has 0 aromatic heterocycles. The van der Waals surface area contributed by atoms with E-state index in [1.807, 2.05) is 24.3 Å². The summed E-state index contributed by atoms with van der Waals surface area (Å²) < 4.78 is 5.98. The molecule has 1 aliphatic rings. The third-order valence-corrected chi connectivity index (χ3v) is 5.73. The summed E-state index contributed by atoms with van der Waals surface area (Å²) in [7, 11) is 0. The normalized spacial score (nSPS) is 13.1. The molecule has 1 aliphatic heterocycles. The van der Waals surface area contributed by atoms with Crippen LogP contribution in [0.15, 0.2) is 72.8 Å². The highest BCUT2D eigenvalue weighted by molar-refractivity contribution is 5.69. The molecular weight excluding hydrogens is 398 g/mol. The lowest BCUT2D eigenvalue weighted by Crippen LogP contribution is -2.19. The molecule has 0 fully saturated rings. The van der Waals surface area contributed by atoms with E-state index in [0.717, 1.165) is 36.4 Å². The second-order valence-corrected chi connectivity index (χ2v) is 8.02. The van der Waals surface area contributed by atoms with Gasteiger partial charge in [0.15, 0.2) is 0 Å². The van der Waals surface area contributed by atoms with E-state index in [4.69, 9.17) is 9.84 Å². The highest BCUT2D eigenvalue weighted by Gasteiger charge is 2.18. The molecule has 3 aromatic rings. The van der Waals surface area contributed by atoms with Crippen molar-refractivity contribution in [3.8, 4) is 17.6 Å². The van der Waals surface area contributed by atoms with Gasteiger partial charge in [-0.3, -0.25) is 4.79 Å². The molecule has 162 valence electrons. The first-order valence-corrected chi connectivity index (χ1v) is 10.9. The fourth-order valence-electron chi connectivity index (χ4n) is 4.17. The number of carbonyl (C=O) groups is 1. The van der Waals surface area contributed by atoms with E-state index in [1.54, 1.807) is 6.92 Å². The topological polar surface area (TPSA) is 49.8 Å². The van der Waals surface area contributed by atoms with Gasteiger partial charge >= 0.3 is 5.97 Å². The van der Waals surface area contributed by atoms with Gasteiger partial charge < -0.3 is 14.7 Å². The summed E-state index contributed by atoms with van der Waals surface area (Å²) in [5, 5.41) is 9.10. The van der Waals surface area contributed by atoms with Crippen LogP contribution in [0.25, 0.3) is 0 Å². The van der Waals surface area contributed by atoms with E-state index in [0.29, 0.717) is 6.61 Å². The first-order chi connectivity index (χ1) is 15.6. The zero-order valence-corrected chi connectivity index (χ0v) is 18.3. The molecule has 4 nitrogen and oxygen atoms in total. The smallest absolute Gasteiger partial charge is 0.304 e. The average Bonchev–Trinajstić information content (AvgIpc) is 3.21. The SMILES string of the molecule is CC#C[C@@H](CC(=O)O)c1ccc(OCc2cccc(CN3CCc4ccccc43)c2)cc1. The summed E-state index contributed by atoms with van der Waals surface area (Å²) in [6.07, 6.45) is 1.10. The Morgan fingerprint density at radius 2 is 1.84 bits per heavy atom. The second-order valence-electron chi connectivity index (χ2n) is 8.02. The van der Waals surface area contributed by atoms with E-state index in [2.05, 4.69) is 65.3 Å². The van der Waals surface area contributed by atoms with Crippen LogP contribution in [0, 0.1) is 11.8 Å². The van der Waals surface area contributed by atoms with Crippen LogP contribution in [-0.2, 0) is 24.4 Å². The molecule has 0 radical (unpaired) electrons. The van der Waals surface area contributed by atoms with Crippen molar-refractivity contribution in [1.29, 1.82) is 0 Å². The minimum atomic E-state index is -0.852. The number of carboxylic acids is 1. The van der Waals surface area contributed by atoms with Crippen LogP contribution < -0.4 is 9.64 Å². The Balaban J connectivity index is 1.37. The standard InChI is InChI=1S/C28H27NO3/c1-2-6-25(18-28(30)31)23-11-13-26(14-12-23)32-20-22-8-5-7-21(17-22)19-29-16-15-24-9-3-4-10-27(24)29/h3-5,7-14,17,25H,15-16,18-20H2,1H3,(H,30,31)/t25-/m0/s1. The molecule has 4 rings (SSSR count). The third-order valence-electron chi connectivity index (χ3n) is 5.73. The van der Waals surface area contributed by atoms with Gasteiger partial charge in [-0.25, -0.2) is 0 Å². The number of hydrogen-bond acceptors (Lipinski definition) is 3. The molecule has 0 aliphatic carbocycles. The molecule has 1 atom stereocenters. The summed E-state index contributed by atoms with van der Waals surface area (Å²) >= 11 is 0. The summed E-state index contributed by atoms with van der Waals surface area (Å²) in [6, 6.07) is 24.7. The maximum absolute atomic E-state index is 11.1. The number of ether oxygens (including phenoxy) is 1. The van der Waals surface area contributed by atoms with E-state index < -0.39 is 5.97 Å². The monoisotopic (exact) mass is 425 g/mol. The highest BCUT2D eigenvalue weighted by atomic mass is 16.5. The molecule has 0 spiro atoms. The third kappa shape index (κ3) is 5.31. The number of para-hydroxylation sites is 1. The number of carboxylic acid groups (broad SMARTS) is 1. The molecule has 0 saturated carbocycles. The van der Waals surface area contributed by atoms with Crippen molar-refractivity contribution in [2.75, 3.05) is 11.4 Å². The van der Waals surface area contributed by atoms with Gasteiger partial charge in [0, 0.05) is 18.8 Å². The van der Waals surface area contributed by atoms with Crippen LogP contribution in [0.3, 0.4) is 0 Å². The van der Waals surface area contributed by atoms with Crippen molar-refractivity contribution in [3.05, 3.63) is 95.1 Å². The van der Waals surface area contributed by atoms with Crippen molar-refractivity contribution in [2.24, 2.45) is 0 Å². The van der Waals surface area contributed by atoms with Crippen molar-refractivity contribution in [2.45, 2.75) is 38.8 Å². The Labute approximate surface area is 189 Å². The van der Waals surface area contributed by atoms with Crippen molar-refractivity contribution >= 4 is 11.7 Å². The molecule has 1 heterocycles. The number of benzene rings is 3. The number of fused-ring (bicyclic) bond motifs is 1.